The van der Waals surface area contributed by atoms with Gasteiger partial charge in [-0.2, -0.15) is 13.2 Å². The molecule has 4 aromatic rings. The van der Waals surface area contributed by atoms with Gasteiger partial charge in [0.15, 0.2) is 17.1 Å². The number of hydrogen-bond donors (Lipinski definition) is 0. The Morgan fingerprint density at radius 3 is 2.66 bits per heavy atom. The molecule has 1 amide bonds. The van der Waals surface area contributed by atoms with Crippen molar-refractivity contribution in [2.24, 2.45) is 0 Å². The van der Waals surface area contributed by atoms with Gasteiger partial charge in [0.05, 0.1) is 5.56 Å². The summed E-state index contributed by atoms with van der Waals surface area (Å²) >= 11 is 0. The van der Waals surface area contributed by atoms with Crippen LogP contribution < -0.4 is 9.47 Å². The van der Waals surface area contributed by atoms with Crippen LogP contribution in [0.25, 0.3) is 22.2 Å². The van der Waals surface area contributed by atoms with Crippen molar-refractivity contribution in [3.63, 3.8) is 0 Å². The number of benzene rings is 3. The van der Waals surface area contributed by atoms with Gasteiger partial charge < -0.3 is 18.8 Å². The van der Waals surface area contributed by atoms with Crippen LogP contribution in [0.4, 0.5) is 13.2 Å². The van der Waals surface area contributed by atoms with Crippen molar-refractivity contribution in [1.29, 1.82) is 0 Å². The Kier molecular flexibility index (Phi) is 4.94. The Labute approximate surface area is 197 Å². The highest BCUT2D eigenvalue weighted by molar-refractivity contribution is 5.95. The molecule has 0 spiro atoms. The molecule has 1 atom stereocenters. The largest absolute Gasteiger partial charge is 0.454 e. The molecule has 0 radical (unpaired) electrons. The van der Waals surface area contributed by atoms with E-state index in [0.717, 1.165) is 18.6 Å². The number of carbonyl (C=O) groups is 1. The van der Waals surface area contributed by atoms with Gasteiger partial charge in [-0.15, -0.1) is 0 Å². The lowest BCUT2D eigenvalue weighted by molar-refractivity contribution is -0.137. The number of hydrogen-bond acceptors (Lipinski definition) is 5. The minimum Gasteiger partial charge on any atom is -0.454 e. The van der Waals surface area contributed by atoms with Gasteiger partial charge in [0, 0.05) is 12.1 Å². The maximum atomic E-state index is 13.3. The first kappa shape index (κ1) is 21.5. The summed E-state index contributed by atoms with van der Waals surface area (Å²) in [5, 5.41) is 0. The van der Waals surface area contributed by atoms with E-state index >= 15 is 0 Å². The summed E-state index contributed by atoms with van der Waals surface area (Å²) in [6, 6.07) is 15.0. The van der Waals surface area contributed by atoms with Crippen LogP contribution in [-0.2, 0) is 6.18 Å². The lowest BCUT2D eigenvalue weighted by atomic mass is 10.0. The molecule has 3 aromatic carbocycles. The highest BCUT2D eigenvalue weighted by Gasteiger charge is 2.35. The van der Waals surface area contributed by atoms with Gasteiger partial charge in [0.2, 0.25) is 12.7 Å². The molecule has 9 heteroatoms. The number of likely N-dealkylation sites (tertiary alicyclic amines) is 1. The van der Waals surface area contributed by atoms with Gasteiger partial charge in [-0.25, -0.2) is 4.98 Å². The SMILES string of the molecule is O=C(c1ccc2c(c1)OCO2)N1CCC[C@@H]1c1nc2cc(-c3cccc(C(F)(F)F)c3)ccc2o1. The number of alkyl halides is 3. The van der Waals surface area contributed by atoms with E-state index in [9.17, 15) is 18.0 Å². The first-order chi connectivity index (χ1) is 16.9. The summed E-state index contributed by atoms with van der Waals surface area (Å²) in [5.74, 6) is 1.40. The lowest BCUT2D eigenvalue weighted by Crippen LogP contribution is -2.30. The Morgan fingerprint density at radius 1 is 0.971 bits per heavy atom. The first-order valence-electron chi connectivity index (χ1n) is 11.2. The summed E-state index contributed by atoms with van der Waals surface area (Å²) in [7, 11) is 0. The summed E-state index contributed by atoms with van der Waals surface area (Å²) < 4.78 is 56.1. The van der Waals surface area contributed by atoms with Gasteiger partial charge in [-0.1, -0.05) is 18.2 Å². The number of ether oxygens (including phenoxy) is 2. The zero-order valence-corrected chi connectivity index (χ0v) is 18.3. The number of amides is 1. The van der Waals surface area contributed by atoms with Crippen molar-refractivity contribution in [2.75, 3.05) is 13.3 Å². The van der Waals surface area contributed by atoms with Crippen molar-refractivity contribution in [3.05, 3.63) is 77.7 Å². The summed E-state index contributed by atoms with van der Waals surface area (Å²) in [5.41, 5.74) is 1.86. The molecule has 0 N–H and O–H groups in total. The molecule has 6 rings (SSSR count). The first-order valence-corrected chi connectivity index (χ1v) is 11.2. The molecule has 178 valence electrons. The van der Waals surface area contributed by atoms with Crippen molar-refractivity contribution in [2.45, 2.75) is 25.1 Å². The van der Waals surface area contributed by atoms with Crippen molar-refractivity contribution in [3.8, 4) is 22.6 Å². The monoisotopic (exact) mass is 480 g/mol. The average molecular weight is 480 g/mol. The summed E-state index contributed by atoms with van der Waals surface area (Å²) in [6.07, 6.45) is -2.92. The summed E-state index contributed by atoms with van der Waals surface area (Å²) in [4.78, 5) is 19.6. The van der Waals surface area contributed by atoms with E-state index in [4.69, 9.17) is 13.9 Å². The Bertz CT molecular complexity index is 1450. The summed E-state index contributed by atoms with van der Waals surface area (Å²) in [6.45, 7) is 0.691. The zero-order chi connectivity index (χ0) is 24.2. The maximum absolute atomic E-state index is 13.3. The molecule has 0 saturated carbocycles. The van der Waals surface area contributed by atoms with Gasteiger partial charge in [-0.05, 0) is 66.4 Å². The molecule has 35 heavy (non-hydrogen) atoms. The smallest absolute Gasteiger partial charge is 0.416 e. The van der Waals surface area contributed by atoms with Crippen LogP contribution in [0.2, 0.25) is 0 Å². The fourth-order valence-electron chi connectivity index (χ4n) is 4.60. The van der Waals surface area contributed by atoms with Crippen LogP contribution in [0.5, 0.6) is 11.5 Å². The third-order valence-electron chi connectivity index (χ3n) is 6.35. The average Bonchev–Trinajstić information content (AvgIpc) is 3.61. The third kappa shape index (κ3) is 3.86. The second-order valence-corrected chi connectivity index (χ2v) is 8.54. The predicted octanol–water partition coefficient (Wildman–Crippen LogP) is 6.22. The van der Waals surface area contributed by atoms with Crippen LogP contribution in [0, 0.1) is 0 Å². The van der Waals surface area contributed by atoms with Crippen molar-refractivity contribution < 1.29 is 31.9 Å². The molecule has 1 fully saturated rings. The molecule has 1 saturated heterocycles. The van der Waals surface area contributed by atoms with Crippen LogP contribution in [0.15, 0.2) is 65.1 Å². The third-order valence-corrected chi connectivity index (χ3v) is 6.35. The Hall–Kier alpha value is -4.01. The minimum atomic E-state index is -4.42. The van der Waals surface area contributed by atoms with Gasteiger partial charge >= 0.3 is 6.18 Å². The number of fused-ring (bicyclic) bond motifs is 2. The molecular weight excluding hydrogens is 461 g/mol. The van der Waals surface area contributed by atoms with E-state index in [1.165, 1.54) is 6.07 Å². The van der Waals surface area contributed by atoms with E-state index in [-0.39, 0.29) is 18.7 Å². The van der Waals surface area contributed by atoms with E-state index in [1.807, 2.05) is 0 Å². The minimum absolute atomic E-state index is 0.130. The number of nitrogens with zero attached hydrogens (tertiary/aromatic N) is 2. The van der Waals surface area contributed by atoms with E-state index in [2.05, 4.69) is 4.98 Å². The second-order valence-electron chi connectivity index (χ2n) is 8.54. The molecule has 6 nitrogen and oxygen atoms in total. The fraction of sp³-hybridized carbons (Fsp3) is 0.231. The molecule has 2 aliphatic heterocycles. The highest BCUT2D eigenvalue weighted by Crippen LogP contribution is 2.38. The molecular formula is C26H19F3N2O4. The van der Waals surface area contributed by atoms with Gasteiger partial charge in [-0.3, -0.25) is 4.79 Å². The molecule has 0 aliphatic carbocycles. The fourth-order valence-corrected chi connectivity index (χ4v) is 4.60. The highest BCUT2D eigenvalue weighted by atomic mass is 19.4. The van der Waals surface area contributed by atoms with E-state index in [1.54, 1.807) is 47.4 Å². The van der Waals surface area contributed by atoms with E-state index < -0.39 is 11.7 Å². The number of aromatic nitrogens is 1. The normalized spacial score (nSPS) is 17.3. The van der Waals surface area contributed by atoms with Crippen LogP contribution >= 0.6 is 0 Å². The Balaban J connectivity index is 1.29. The molecule has 0 unspecified atom stereocenters. The standard InChI is InChI=1S/C26H19F3N2O4/c27-26(28,29)18-4-1-3-15(11-18)16-6-8-21-19(12-16)30-24(35-21)20-5-2-10-31(20)25(32)17-7-9-22-23(13-17)34-14-33-22/h1,3-4,6-9,11-13,20H,2,5,10,14H2/t20-/m1/s1. The van der Waals surface area contributed by atoms with Crippen LogP contribution in [-0.4, -0.2) is 29.1 Å². The predicted molar refractivity (Wildman–Crippen MR) is 120 cm³/mol. The number of carbonyl (C=O) groups excluding carboxylic acids is 1. The molecule has 2 aliphatic rings. The quantitative estimate of drug-likeness (QED) is 0.348. The van der Waals surface area contributed by atoms with Gasteiger partial charge in [0.1, 0.15) is 11.6 Å². The molecule has 0 bridgehead atoms. The van der Waals surface area contributed by atoms with Crippen LogP contribution in [0.1, 0.15) is 40.7 Å². The number of oxazole rings is 1. The second kappa shape index (κ2) is 8.04. The van der Waals surface area contributed by atoms with Crippen LogP contribution in [0.3, 0.4) is 0 Å². The van der Waals surface area contributed by atoms with Crippen molar-refractivity contribution >= 4 is 17.0 Å². The van der Waals surface area contributed by atoms with E-state index in [0.29, 0.717) is 58.1 Å². The Morgan fingerprint density at radius 2 is 1.80 bits per heavy atom. The lowest BCUT2D eigenvalue weighted by Gasteiger charge is -2.22. The molecule has 3 heterocycles. The van der Waals surface area contributed by atoms with Crippen molar-refractivity contribution in [1.82, 2.24) is 9.88 Å². The van der Waals surface area contributed by atoms with Gasteiger partial charge in [0.25, 0.3) is 5.91 Å². The number of rotatable bonds is 3. The zero-order valence-electron chi connectivity index (χ0n) is 18.3. The maximum Gasteiger partial charge on any atom is 0.416 e. The number of halogens is 3. The molecule has 1 aromatic heterocycles. The topological polar surface area (TPSA) is 64.8 Å².